The summed E-state index contributed by atoms with van der Waals surface area (Å²) in [5, 5.41) is 11.7. The molecule has 4 heterocycles. The van der Waals surface area contributed by atoms with Gasteiger partial charge in [0.2, 0.25) is 20.9 Å². The number of carbonyl (C=O) groups is 2. The minimum atomic E-state index is -4.37. The fourth-order valence-corrected chi connectivity index (χ4v) is 11.5. The van der Waals surface area contributed by atoms with Gasteiger partial charge in [-0.05, 0) is 184 Å². The van der Waals surface area contributed by atoms with Crippen molar-refractivity contribution in [1.29, 1.82) is 0 Å². The number of aliphatic hydroxyl groups is 1. The number of amides is 2. The topological polar surface area (TPSA) is 101 Å². The van der Waals surface area contributed by atoms with Crippen LogP contribution in [-0.2, 0) is 31.0 Å². The molecular formula is C57H66Cl4F6N4O5S. The van der Waals surface area contributed by atoms with Gasteiger partial charge in [-0.25, -0.2) is 8.42 Å². The van der Waals surface area contributed by atoms with Crippen LogP contribution in [0.1, 0.15) is 96.6 Å². The zero-order valence-corrected chi connectivity index (χ0v) is 46.6. The largest absolute Gasteiger partial charge is 0.416 e. The Balaban J connectivity index is 0.000000229. The van der Waals surface area contributed by atoms with E-state index in [0.717, 1.165) is 118 Å². The molecule has 0 radical (unpaired) electrons. The van der Waals surface area contributed by atoms with Crippen molar-refractivity contribution in [1.82, 2.24) is 19.6 Å². The van der Waals surface area contributed by atoms with E-state index >= 15 is 0 Å². The van der Waals surface area contributed by atoms with Gasteiger partial charge < -0.3 is 14.9 Å². The third kappa shape index (κ3) is 19.6. The van der Waals surface area contributed by atoms with Crippen LogP contribution in [0.4, 0.5) is 26.3 Å². The number of piperidine rings is 4. The molecule has 4 fully saturated rings. The van der Waals surface area contributed by atoms with Gasteiger partial charge in [-0.1, -0.05) is 71.7 Å². The Bertz CT molecular complexity index is 2470. The van der Waals surface area contributed by atoms with Gasteiger partial charge in [0.1, 0.15) is 0 Å². The van der Waals surface area contributed by atoms with Gasteiger partial charge in [0.15, 0.2) is 0 Å². The van der Waals surface area contributed by atoms with Crippen molar-refractivity contribution >= 4 is 78.5 Å². The van der Waals surface area contributed by atoms with Crippen LogP contribution in [0.3, 0.4) is 0 Å². The highest BCUT2D eigenvalue weighted by atomic mass is 35.7. The number of carbonyl (C=O) groups excluding carboxylic acids is 2. The zero-order valence-electron chi connectivity index (χ0n) is 42.8. The maximum Gasteiger partial charge on any atom is 0.416 e. The molecule has 4 aliphatic heterocycles. The summed E-state index contributed by atoms with van der Waals surface area (Å²) in [7, 11) is 1.31. The lowest BCUT2D eigenvalue weighted by molar-refractivity contribution is -0.138. The van der Waals surface area contributed by atoms with E-state index in [1.807, 2.05) is 29.2 Å². The Labute approximate surface area is 468 Å². The second-order valence-corrected chi connectivity index (χ2v) is 24.3. The number of alkyl halides is 7. The Morgan fingerprint density at radius 1 is 0.558 bits per heavy atom. The number of hydrogen-bond acceptors (Lipinski definition) is 7. The highest BCUT2D eigenvalue weighted by molar-refractivity contribution is 8.13. The highest BCUT2D eigenvalue weighted by Crippen LogP contribution is 2.36. The van der Waals surface area contributed by atoms with Crippen molar-refractivity contribution in [2.45, 2.75) is 87.6 Å². The van der Waals surface area contributed by atoms with Crippen LogP contribution in [-0.4, -0.2) is 128 Å². The fraction of sp³-hybridized carbons (Fsp3) is 0.474. The average molecular weight is 1180 g/mol. The van der Waals surface area contributed by atoms with Crippen molar-refractivity contribution in [2.75, 3.05) is 71.1 Å². The van der Waals surface area contributed by atoms with E-state index in [1.54, 1.807) is 17.1 Å². The summed E-state index contributed by atoms with van der Waals surface area (Å²) in [4.78, 5) is 33.8. The van der Waals surface area contributed by atoms with Gasteiger partial charge in [-0.2, -0.15) is 26.3 Å². The molecule has 20 heteroatoms. The fourth-order valence-electron chi connectivity index (χ4n) is 10.8. The normalized spacial score (nSPS) is 19.1. The minimum Gasteiger partial charge on any atom is -0.395 e. The third-order valence-electron chi connectivity index (χ3n) is 15.1. The predicted octanol–water partition coefficient (Wildman–Crippen LogP) is 13.1. The molecule has 4 aromatic carbocycles. The van der Waals surface area contributed by atoms with E-state index in [1.165, 1.54) is 47.5 Å². The number of hydrogen-bond donors (Lipinski definition) is 1. The standard InChI is InChI=1S/C28H31Cl2F3N2O.C28H32ClF3N2O2.CH3ClO2S/c29-19-26(34-15-11-22(12-16-34)21-4-8-25(30)9-5-21)23-13-17-35(18-14-23)27(36)10-3-20-1-6-24(7-2-20)28(31,32)33;29-25-8-4-21(5-9-25)22-11-15-33(16-12-22)26(19-35)23-13-17-34(18-14-23)27(36)10-3-20-1-6-24(7-2-20)28(30,31)32;1-5(2,3)4/h1-10,22-23,26H,11-19H2;1-10,22-23,26,35H,11-19H2;1H3/b2*10-3+;. The first-order chi connectivity index (χ1) is 36.5. The van der Waals surface area contributed by atoms with Crippen LogP contribution in [0.2, 0.25) is 10.0 Å². The monoisotopic (exact) mass is 1170 g/mol. The molecule has 0 saturated carbocycles. The molecule has 2 atom stereocenters. The van der Waals surface area contributed by atoms with E-state index < -0.39 is 32.5 Å². The molecule has 2 unspecified atom stereocenters. The van der Waals surface area contributed by atoms with Crippen LogP contribution in [0.5, 0.6) is 0 Å². The van der Waals surface area contributed by atoms with E-state index in [4.69, 9.17) is 34.8 Å². The summed E-state index contributed by atoms with van der Waals surface area (Å²) in [6.07, 6.45) is 5.91. The molecule has 0 bridgehead atoms. The first-order valence-corrected chi connectivity index (χ1v) is 29.8. The number of likely N-dealkylation sites (tertiary alicyclic amines) is 4. The highest BCUT2D eigenvalue weighted by Gasteiger charge is 2.36. The van der Waals surface area contributed by atoms with Crippen molar-refractivity contribution < 1.29 is 49.5 Å². The van der Waals surface area contributed by atoms with Crippen LogP contribution in [0.15, 0.2) is 109 Å². The minimum absolute atomic E-state index is 0.0936. The summed E-state index contributed by atoms with van der Waals surface area (Å²) in [5.41, 5.74) is 2.37. The average Bonchev–Trinajstić information content (AvgIpc) is 3.41. The van der Waals surface area contributed by atoms with Crippen LogP contribution < -0.4 is 0 Å². The van der Waals surface area contributed by atoms with Gasteiger partial charge in [0.25, 0.3) is 0 Å². The Morgan fingerprint density at radius 2 is 0.870 bits per heavy atom. The first kappa shape index (κ1) is 62.1. The molecular weight excluding hydrogens is 1110 g/mol. The van der Waals surface area contributed by atoms with Gasteiger partial charge in [0, 0.05) is 77.0 Å². The molecule has 9 nitrogen and oxygen atoms in total. The first-order valence-electron chi connectivity index (χ1n) is 25.8. The molecule has 420 valence electrons. The lowest BCUT2D eigenvalue weighted by atomic mass is 9.85. The van der Waals surface area contributed by atoms with Gasteiger partial charge in [-0.15, -0.1) is 11.6 Å². The summed E-state index contributed by atoms with van der Waals surface area (Å²) in [6.45, 7) is 6.56. The van der Waals surface area contributed by atoms with Crippen LogP contribution in [0, 0.1) is 11.8 Å². The number of aliphatic hydroxyl groups excluding tert-OH is 1. The molecule has 77 heavy (non-hydrogen) atoms. The Kier molecular flexibility index (Phi) is 23.3. The molecule has 4 aliphatic rings. The number of nitrogens with zero attached hydrogens (tertiary/aromatic N) is 4. The van der Waals surface area contributed by atoms with Crippen molar-refractivity contribution in [2.24, 2.45) is 11.8 Å². The maximum absolute atomic E-state index is 12.7. The maximum atomic E-state index is 12.7. The second kappa shape index (κ2) is 28.8. The molecule has 4 aromatic rings. The zero-order chi connectivity index (χ0) is 55.9. The number of rotatable bonds is 12. The molecule has 2 amide bonds. The lowest BCUT2D eigenvalue weighted by Crippen LogP contribution is -2.50. The second-order valence-electron chi connectivity index (χ2n) is 20.1. The molecule has 8 rings (SSSR count). The predicted molar refractivity (Wildman–Crippen MR) is 296 cm³/mol. The van der Waals surface area contributed by atoms with E-state index in [0.29, 0.717) is 72.9 Å². The quantitative estimate of drug-likeness (QED) is 0.0652. The van der Waals surface area contributed by atoms with Gasteiger partial charge in [-0.3, -0.25) is 19.4 Å². The van der Waals surface area contributed by atoms with Gasteiger partial charge >= 0.3 is 12.4 Å². The van der Waals surface area contributed by atoms with E-state index in [9.17, 15) is 49.5 Å². The van der Waals surface area contributed by atoms with E-state index in [2.05, 4.69) is 44.7 Å². The summed E-state index contributed by atoms with van der Waals surface area (Å²) in [6, 6.07) is 26.2. The number of benzene rings is 4. The molecule has 0 aromatic heterocycles. The van der Waals surface area contributed by atoms with E-state index in [-0.39, 0.29) is 24.5 Å². The van der Waals surface area contributed by atoms with Crippen molar-refractivity contribution in [3.05, 3.63) is 153 Å². The number of halogens is 10. The van der Waals surface area contributed by atoms with Crippen molar-refractivity contribution in [3.63, 3.8) is 0 Å². The van der Waals surface area contributed by atoms with Gasteiger partial charge in [0.05, 0.1) is 24.0 Å². The molecule has 1 N–H and O–H groups in total. The summed E-state index contributed by atoms with van der Waals surface area (Å²) in [5.74, 6) is 2.15. The smallest absolute Gasteiger partial charge is 0.395 e. The lowest BCUT2D eigenvalue weighted by Gasteiger charge is -2.43. The SMILES string of the molecule is CS(=O)(=O)Cl.O=C(/C=C/c1ccc(C(F)(F)F)cc1)N1CCC(C(CCl)N2CCC(c3ccc(Cl)cc3)CC2)CC1.O=C(/C=C/c1ccc(C(F)(F)F)cc1)N1CCC(C(CO)N2CCC(c3ccc(Cl)cc3)CC2)CC1. The van der Waals surface area contributed by atoms with Crippen LogP contribution >= 0.6 is 45.5 Å². The molecule has 0 spiro atoms. The third-order valence-corrected chi connectivity index (χ3v) is 15.9. The Morgan fingerprint density at radius 3 is 1.17 bits per heavy atom. The summed E-state index contributed by atoms with van der Waals surface area (Å²) >= 11 is 18.5. The van der Waals surface area contributed by atoms with Crippen molar-refractivity contribution in [3.8, 4) is 0 Å². The van der Waals surface area contributed by atoms with Crippen LogP contribution in [0.25, 0.3) is 12.2 Å². The summed E-state index contributed by atoms with van der Waals surface area (Å²) < 4.78 is 95.1. The molecule has 4 saturated heterocycles. The Hall–Kier alpha value is -4.13. The molecule has 0 aliphatic carbocycles.